The van der Waals surface area contributed by atoms with Crippen LogP contribution in [0.1, 0.15) is 30.9 Å². The van der Waals surface area contributed by atoms with Gasteiger partial charge < -0.3 is 10.5 Å². The van der Waals surface area contributed by atoms with Gasteiger partial charge in [0.25, 0.3) is 0 Å². The van der Waals surface area contributed by atoms with Crippen molar-refractivity contribution in [2.24, 2.45) is 0 Å². The third kappa shape index (κ3) is 2.70. The van der Waals surface area contributed by atoms with Gasteiger partial charge in [0.05, 0.1) is 7.11 Å². The van der Waals surface area contributed by atoms with Crippen molar-refractivity contribution >= 4 is 5.69 Å². The van der Waals surface area contributed by atoms with E-state index in [9.17, 15) is 0 Å². The predicted molar refractivity (Wildman–Crippen MR) is 79.5 cm³/mol. The van der Waals surface area contributed by atoms with Crippen LogP contribution in [0.25, 0.3) is 11.1 Å². The van der Waals surface area contributed by atoms with E-state index >= 15 is 0 Å². The highest BCUT2D eigenvalue weighted by Gasteiger charge is 2.12. The molecule has 0 unspecified atom stereocenters. The van der Waals surface area contributed by atoms with Crippen LogP contribution in [0, 0.1) is 6.92 Å². The maximum Gasteiger partial charge on any atom is 0.213 e. The molecular weight excluding hydrogens is 236 g/mol. The van der Waals surface area contributed by atoms with E-state index in [-0.39, 0.29) is 0 Å². The number of anilines is 1. The first-order valence-electron chi connectivity index (χ1n) is 6.43. The van der Waals surface area contributed by atoms with E-state index in [1.54, 1.807) is 13.3 Å². The van der Waals surface area contributed by atoms with E-state index in [0.29, 0.717) is 11.8 Å². The Morgan fingerprint density at radius 3 is 2.58 bits per heavy atom. The molecule has 0 saturated heterocycles. The van der Waals surface area contributed by atoms with Crippen molar-refractivity contribution in [1.29, 1.82) is 0 Å². The minimum Gasteiger partial charge on any atom is -0.481 e. The van der Waals surface area contributed by atoms with E-state index in [2.05, 4.69) is 37.9 Å². The first kappa shape index (κ1) is 13.4. The normalized spacial score (nSPS) is 10.8. The summed E-state index contributed by atoms with van der Waals surface area (Å²) in [7, 11) is 1.62. The van der Waals surface area contributed by atoms with Crippen LogP contribution in [0.4, 0.5) is 5.69 Å². The second-order valence-electron chi connectivity index (χ2n) is 5.06. The molecule has 0 bridgehead atoms. The van der Waals surface area contributed by atoms with Gasteiger partial charge in [0.1, 0.15) is 0 Å². The van der Waals surface area contributed by atoms with Gasteiger partial charge in [-0.3, -0.25) is 0 Å². The summed E-state index contributed by atoms with van der Waals surface area (Å²) < 4.78 is 5.17. The topological polar surface area (TPSA) is 48.1 Å². The zero-order valence-corrected chi connectivity index (χ0v) is 11.9. The number of methoxy groups -OCH3 is 1. The molecule has 1 heterocycles. The lowest BCUT2D eigenvalue weighted by Gasteiger charge is -2.16. The van der Waals surface area contributed by atoms with E-state index in [0.717, 1.165) is 16.8 Å². The maximum atomic E-state index is 6.32. The second kappa shape index (κ2) is 5.31. The van der Waals surface area contributed by atoms with E-state index < -0.39 is 0 Å². The number of nitrogens with zero attached hydrogens (tertiary/aromatic N) is 1. The van der Waals surface area contributed by atoms with Crippen LogP contribution in [0.3, 0.4) is 0 Å². The Kier molecular flexibility index (Phi) is 3.74. The molecule has 0 radical (unpaired) electrons. The Labute approximate surface area is 114 Å². The summed E-state index contributed by atoms with van der Waals surface area (Å²) in [5, 5.41) is 0. The Bertz CT molecular complexity index is 591. The molecule has 0 aliphatic rings. The average Bonchev–Trinajstić information content (AvgIpc) is 2.40. The van der Waals surface area contributed by atoms with Crippen LogP contribution in [0.5, 0.6) is 5.88 Å². The summed E-state index contributed by atoms with van der Waals surface area (Å²) in [6.45, 7) is 6.40. The van der Waals surface area contributed by atoms with Crippen molar-refractivity contribution in [3.8, 4) is 17.0 Å². The quantitative estimate of drug-likeness (QED) is 0.850. The summed E-state index contributed by atoms with van der Waals surface area (Å²) in [5.74, 6) is 1.01. The number of rotatable bonds is 3. The molecule has 19 heavy (non-hydrogen) atoms. The van der Waals surface area contributed by atoms with Gasteiger partial charge >= 0.3 is 0 Å². The van der Waals surface area contributed by atoms with Crippen molar-refractivity contribution < 1.29 is 4.74 Å². The van der Waals surface area contributed by atoms with Crippen LogP contribution in [0.2, 0.25) is 0 Å². The number of benzene rings is 1. The number of ether oxygens (including phenoxy) is 1. The molecule has 0 saturated carbocycles. The van der Waals surface area contributed by atoms with E-state index in [1.807, 2.05) is 12.1 Å². The van der Waals surface area contributed by atoms with Gasteiger partial charge in [0.15, 0.2) is 0 Å². The zero-order valence-electron chi connectivity index (χ0n) is 11.9. The zero-order chi connectivity index (χ0) is 14.0. The molecule has 0 fully saturated rings. The molecule has 0 spiro atoms. The summed E-state index contributed by atoms with van der Waals surface area (Å²) in [4.78, 5) is 4.13. The molecule has 3 heteroatoms. The Morgan fingerprint density at radius 2 is 1.95 bits per heavy atom. The van der Waals surface area contributed by atoms with Gasteiger partial charge in [-0.25, -0.2) is 4.98 Å². The number of pyridine rings is 1. The summed E-state index contributed by atoms with van der Waals surface area (Å²) >= 11 is 0. The molecule has 1 aromatic heterocycles. The van der Waals surface area contributed by atoms with E-state index in [4.69, 9.17) is 10.5 Å². The molecule has 0 amide bonds. The van der Waals surface area contributed by atoms with Crippen LogP contribution in [-0.4, -0.2) is 12.1 Å². The van der Waals surface area contributed by atoms with Crippen LogP contribution < -0.4 is 10.5 Å². The van der Waals surface area contributed by atoms with Gasteiger partial charge in [-0.2, -0.15) is 0 Å². The number of nitrogen functional groups attached to an aromatic ring is 1. The van der Waals surface area contributed by atoms with Crippen molar-refractivity contribution in [1.82, 2.24) is 4.98 Å². The third-order valence-electron chi connectivity index (χ3n) is 3.23. The van der Waals surface area contributed by atoms with Crippen molar-refractivity contribution in [3.05, 3.63) is 41.6 Å². The Morgan fingerprint density at radius 1 is 1.21 bits per heavy atom. The summed E-state index contributed by atoms with van der Waals surface area (Å²) in [5.41, 5.74) is 11.6. The van der Waals surface area contributed by atoms with Crippen LogP contribution in [-0.2, 0) is 0 Å². The van der Waals surface area contributed by atoms with Crippen LogP contribution in [0.15, 0.2) is 30.5 Å². The summed E-state index contributed by atoms with van der Waals surface area (Å²) in [6, 6.07) is 8.13. The minimum absolute atomic E-state index is 0.405. The first-order chi connectivity index (χ1) is 9.02. The smallest absolute Gasteiger partial charge is 0.213 e. The fourth-order valence-electron chi connectivity index (χ4n) is 2.23. The molecule has 0 aliphatic carbocycles. The minimum atomic E-state index is 0.405. The average molecular weight is 256 g/mol. The van der Waals surface area contributed by atoms with Gasteiger partial charge in [-0.15, -0.1) is 0 Å². The van der Waals surface area contributed by atoms with Gasteiger partial charge in [0, 0.05) is 23.5 Å². The standard InChI is InChI=1S/C16H20N2O/c1-10(2)13-7-11(3)8-14(16(13)17)12-5-6-18-15(9-12)19-4/h5-10H,17H2,1-4H3. The lowest BCUT2D eigenvalue weighted by Crippen LogP contribution is -2.00. The van der Waals surface area contributed by atoms with Crippen molar-refractivity contribution in [3.63, 3.8) is 0 Å². The molecule has 1 aromatic carbocycles. The fourth-order valence-corrected chi connectivity index (χ4v) is 2.23. The van der Waals surface area contributed by atoms with Gasteiger partial charge in [0.2, 0.25) is 5.88 Å². The molecule has 2 N–H and O–H groups in total. The molecule has 2 rings (SSSR count). The largest absolute Gasteiger partial charge is 0.481 e. The Balaban J connectivity index is 2.61. The van der Waals surface area contributed by atoms with Crippen molar-refractivity contribution in [2.75, 3.05) is 12.8 Å². The van der Waals surface area contributed by atoms with E-state index in [1.165, 1.54) is 11.1 Å². The van der Waals surface area contributed by atoms with Gasteiger partial charge in [-0.05, 0) is 36.1 Å². The second-order valence-corrected chi connectivity index (χ2v) is 5.06. The SMILES string of the molecule is COc1cc(-c2cc(C)cc(C(C)C)c2N)ccn1. The number of nitrogens with two attached hydrogens (primary N) is 1. The summed E-state index contributed by atoms with van der Waals surface area (Å²) in [6.07, 6.45) is 1.74. The number of aryl methyl sites for hydroxylation is 1. The third-order valence-corrected chi connectivity index (χ3v) is 3.23. The molecule has 100 valence electrons. The predicted octanol–water partition coefficient (Wildman–Crippen LogP) is 3.77. The highest BCUT2D eigenvalue weighted by Crippen LogP contribution is 2.34. The first-order valence-corrected chi connectivity index (χ1v) is 6.43. The maximum absolute atomic E-state index is 6.32. The Hall–Kier alpha value is -2.03. The molecule has 0 atom stereocenters. The molecule has 2 aromatic rings. The monoisotopic (exact) mass is 256 g/mol. The number of hydrogen-bond acceptors (Lipinski definition) is 3. The lowest BCUT2D eigenvalue weighted by molar-refractivity contribution is 0.398. The highest BCUT2D eigenvalue weighted by atomic mass is 16.5. The fraction of sp³-hybridized carbons (Fsp3) is 0.312. The molecular formula is C16H20N2O. The lowest BCUT2D eigenvalue weighted by atomic mass is 9.93. The number of aromatic nitrogens is 1. The molecule has 0 aliphatic heterocycles. The molecule has 3 nitrogen and oxygen atoms in total. The van der Waals surface area contributed by atoms with Gasteiger partial charge in [-0.1, -0.05) is 25.5 Å². The number of hydrogen-bond donors (Lipinski definition) is 1. The highest BCUT2D eigenvalue weighted by molar-refractivity contribution is 5.80. The van der Waals surface area contributed by atoms with Crippen LogP contribution >= 0.6 is 0 Å². The van der Waals surface area contributed by atoms with Crippen molar-refractivity contribution in [2.45, 2.75) is 26.7 Å².